The summed E-state index contributed by atoms with van der Waals surface area (Å²) in [4.78, 5) is 39.8. The zero-order valence-corrected chi connectivity index (χ0v) is 16.3. The monoisotopic (exact) mass is 426 g/mol. The minimum atomic E-state index is -0.833. The number of carbonyl (C=O) groups is 3. The normalized spacial score (nSPS) is 12.0. The number of nitrogens with one attached hydrogen (secondary N) is 2. The predicted octanol–water partition coefficient (Wildman–Crippen LogP) is 2.91. The molecule has 0 aliphatic heterocycles. The van der Waals surface area contributed by atoms with Gasteiger partial charge in [0, 0.05) is 21.6 Å². The van der Waals surface area contributed by atoms with Crippen molar-refractivity contribution in [3.8, 4) is 0 Å². The molecule has 0 bridgehead atoms. The van der Waals surface area contributed by atoms with Crippen molar-refractivity contribution in [1.29, 1.82) is 0 Å². The summed E-state index contributed by atoms with van der Waals surface area (Å²) >= 11 is 4.90. The van der Waals surface area contributed by atoms with Crippen LogP contribution >= 0.6 is 27.7 Å². The molecule has 0 spiro atoms. The molecule has 2 N–H and O–H groups in total. The van der Waals surface area contributed by atoms with Crippen molar-refractivity contribution in [1.82, 2.24) is 10.3 Å². The molecule has 0 aliphatic rings. The highest BCUT2D eigenvalue weighted by molar-refractivity contribution is 9.10. The van der Waals surface area contributed by atoms with Crippen molar-refractivity contribution in [2.45, 2.75) is 19.4 Å². The van der Waals surface area contributed by atoms with E-state index in [2.05, 4.69) is 26.2 Å². The van der Waals surface area contributed by atoms with Crippen LogP contribution < -0.4 is 5.32 Å². The number of H-pyrrole nitrogens is 1. The van der Waals surface area contributed by atoms with Crippen molar-refractivity contribution < 1.29 is 19.1 Å². The molecule has 0 saturated heterocycles. The fourth-order valence-electron chi connectivity index (χ4n) is 2.35. The number of aromatic nitrogens is 1. The van der Waals surface area contributed by atoms with E-state index in [1.54, 1.807) is 24.8 Å². The van der Waals surface area contributed by atoms with E-state index in [4.69, 9.17) is 4.74 Å². The van der Waals surface area contributed by atoms with Gasteiger partial charge in [-0.3, -0.25) is 9.59 Å². The van der Waals surface area contributed by atoms with Crippen molar-refractivity contribution >= 4 is 56.3 Å². The average molecular weight is 427 g/mol. The number of aromatic amines is 1. The van der Waals surface area contributed by atoms with E-state index in [-0.39, 0.29) is 12.2 Å². The number of rotatable bonds is 8. The Morgan fingerprint density at radius 3 is 2.80 bits per heavy atom. The van der Waals surface area contributed by atoms with Gasteiger partial charge in [0.05, 0.1) is 12.2 Å². The van der Waals surface area contributed by atoms with Gasteiger partial charge in [-0.15, -0.1) is 0 Å². The van der Waals surface area contributed by atoms with Gasteiger partial charge in [-0.1, -0.05) is 15.9 Å². The Kier molecular flexibility index (Phi) is 7.07. The van der Waals surface area contributed by atoms with Crippen LogP contribution in [0.15, 0.2) is 28.9 Å². The molecule has 1 aromatic carbocycles. The van der Waals surface area contributed by atoms with Crippen molar-refractivity contribution in [3.63, 3.8) is 0 Å². The number of carbonyl (C=O) groups excluding carboxylic acids is 3. The molecule has 2 aromatic rings. The summed E-state index contributed by atoms with van der Waals surface area (Å²) in [6, 6.07) is 4.59. The Morgan fingerprint density at radius 2 is 2.12 bits per heavy atom. The number of amides is 1. The third-order valence-electron chi connectivity index (χ3n) is 3.58. The van der Waals surface area contributed by atoms with Crippen LogP contribution in [0.25, 0.3) is 10.9 Å². The highest BCUT2D eigenvalue weighted by atomic mass is 79.9. The van der Waals surface area contributed by atoms with Crippen LogP contribution in [0.4, 0.5) is 0 Å². The maximum Gasteiger partial charge on any atom is 0.328 e. The molecule has 0 radical (unpaired) electrons. The van der Waals surface area contributed by atoms with Gasteiger partial charge in [-0.2, -0.15) is 11.8 Å². The van der Waals surface area contributed by atoms with Crippen LogP contribution in [-0.2, 0) is 14.3 Å². The molecule has 134 valence electrons. The number of ketones is 1. The maximum absolute atomic E-state index is 12.5. The summed E-state index contributed by atoms with van der Waals surface area (Å²) in [5, 5.41) is 3.15. The molecule has 1 amide bonds. The van der Waals surface area contributed by atoms with Gasteiger partial charge in [0.2, 0.25) is 0 Å². The number of ether oxygens (including phenoxy) is 1. The lowest BCUT2D eigenvalue weighted by Gasteiger charge is -2.16. The van der Waals surface area contributed by atoms with Crippen LogP contribution in [0.3, 0.4) is 0 Å². The summed E-state index contributed by atoms with van der Waals surface area (Å²) in [6.07, 6.45) is 3.80. The molecule has 0 saturated carbocycles. The largest absolute Gasteiger partial charge is 0.464 e. The van der Waals surface area contributed by atoms with Gasteiger partial charge < -0.3 is 15.0 Å². The summed E-state index contributed by atoms with van der Waals surface area (Å²) < 4.78 is 5.78. The molecule has 1 aromatic heterocycles. The van der Waals surface area contributed by atoms with Crippen LogP contribution in [0.1, 0.15) is 23.7 Å². The Morgan fingerprint density at radius 1 is 1.36 bits per heavy atom. The Bertz CT molecular complexity index is 790. The first-order chi connectivity index (χ1) is 12.0. The van der Waals surface area contributed by atoms with Crippen LogP contribution in [0.2, 0.25) is 0 Å². The second-order valence-corrected chi connectivity index (χ2v) is 7.18. The first-order valence-electron chi connectivity index (χ1n) is 7.75. The summed E-state index contributed by atoms with van der Waals surface area (Å²) in [6.45, 7) is 1.91. The number of hydrogen-bond donors (Lipinski definition) is 2. The molecule has 0 aliphatic carbocycles. The summed E-state index contributed by atoms with van der Waals surface area (Å²) in [7, 11) is 0. The summed E-state index contributed by atoms with van der Waals surface area (Å²) in [5.41, 5.74) is 1.02. The molecule has 2 rings (SSSR count). The predicted molar refractivity (Wildman–Crippen MR) is 102 cm³/mol. The van der Waals surface area contributed by atoms with E-state index in [0.717, 1.165) is 9.99 Å². The van der Waals surface area contributed by atoms with Crippen molar-refractivity contribution in [3.05, 3.63) is 34.4 Å². The average Bonchev–Trinajstić information content (AvgIpc) is 3.00. The van der Waals surface area contributed by atoms with Crippen LogP contribution in [0, 0.1) is 0 Å². The standard InChI is InChI=1S/C17H19BrN2O4S/c1-3-24-17(23)14(6-7-25-2)20-16(22)15(21)12-9-19-13-5-4-10(18)8-11(12)13/h4-5,8-9,14,19H,3,6-7H2,1-2H3,(H,20,22)/t14-/m0/s1. The lowest BCUT2D eigenvalue weighted by Crippen LogP contribution is -2.45. The first kappa shape index (κ1) is 19.5. The fraction of sp³-hybridized carbons (Fsp3) is 0.353. The van der Waals surface area contributed by atoms with E-state index < -0.39 is 23.7 Å². The SMILES string of the molecule is CCOC(=O)[C@H](CCSC)NC(=O)C(=O)c1c[nH]c2ccc(Br)cc12. The lowest BCUT2D eigenvalue weighted by molar-refractivity contribution is -0.147. The molecule has 6 nitrogen and oxygen atoms in total. The van der Waals surface area contributed by atoms with Crippen LogP contribution in [-0.4, -0.2) is 47.3 Å². The number of benzene rings is 1. The molecule has 1 atom stereocenters. The third kappa shape index (κ3) is 4.85. The number of hydrogen-bond acceptors (Lipinski definition) is 5. The number of thioether (sulfide) groups is 1. The second-order valence-electron chi connectivity index (χ2n) is 5.28. The minimum absolute atomic E-state index is 0.217. The van der Waals surface area contributed by atoms with E-state index in [1.807, 2.05) is 18.4 Å². The zero-order valence-electron chi connectivity index (χ0n) is 13.9. The third-order valence-corrected chi connectivity index (χ3v) is 4.72. The number of Topliss-reactive ketones (excluding diaryl/α,β-unsaturated/α-hetero) is 1. The Labute approximate surface area is 158 Å². The van der Waals surface area contributed by atoms with Gasteiger partial charge in [0.1, 0.15) is 6.04 Å². The first-order valence-corrected chi connectivity index (χ1v) is 9.94. The Balaban J connectivity index is 2.17. The molecular weight excluding hydrogens is 408 g/mol. The fourth-order valence-corrected chi connectivity index (χ4v) is 3.19. The highest BCUT2D eigenvalue weighted by Gasteiger charge is 2.27. The van der Waals surface area contributed by atoms with E-state index in [9.17, 15) is 14.4 Å². The van der Waals surface area contributed by atoms with Gasteiger partial charge in [-0.25, -0.2) is 4.79 Å². The quantitative estimate of drug-likeness (QED) is 0.384. The van der Waals surface area contributed by atoms with Crippen LogP contribution in [0.5, 0.6) is 0 Å². The van der Waals surface area contributed by atoms with E-state index in [1.165, 1.54) is 6.20 Å². The molecule has 0 fully saturated rings. The Hall–Kier alpha value is -1.80. The van der Waals surface area contributed by atoms with Gasteiger partial charge >= 0.3 is 5.97 Å². The second kappa shape index (κ2) is 9.05. The van der Waals surface area contributed by atoms with E-state index >= 15 is 0 Å². The topological polar surface area (TPSA) is 88.3 Å². The maximum atomic E-state index is 12.5. The van der Waals surface area contributed by atoms with Crippen molar-refractivity contribution in [2.24, 2.45) is 0 Å². The molecular formula is C17H19BrN2O4S. The minimum Gasteiger partial charge on any atom is -0.464 e. The lowest BCUT2D eigenvalue weighted by atomic mass is 10.1. The molecule has 1 heterocycles. The molecule has 25 heavy (non-hydrogen) atoms. The number of fused-ring (bicyclic) bond motifs is 1. The van der Waals surface area contributed by atoms with Gasteiger partial charge in [0.25, 0.3) is 11.7 Å². The number of halogens is 1. The summed E-state index contributed by atoms with van der Waals surface area (Å²) in [5.74, 6) is -1.37. The van der Waals surface area contributed by atoms with Gasteiger partial charge in [-0.05, 0) is 43.6 Å². The van der Waals surface area contributed by atoms with Gasteiger partial charge in [0.15, 0.2) is 0 Å². The zero-order chi connectivity index (χ0) is 18.4. The smallest absolute Gasteiger partial charge is 0.328 e. The number of esters is 1. The highest BCUT2D eigenvalue weighted by Crippen LogP contribution is 2.23. The van der Waals surface area contributed by atoms with Crippen molar-refractivity contribution in [2.75, 3.05) is 18.6 Å². The van der Waals surface area contributed by atoms with E-state index in [0.29, 0.717) is 17.6 Å². The molecule has 0 unspecified atom stereocenters. The molecule has 8 heteroatoms.